The van der Waals surface area contributed by atoms with Crippen molar-refractivity contribution >= 4 is 37.6 Å². The SMILES string of the molecule is COC(=O)c1cccc(S(=O)(=O)N(C)C)c1NCCCCCCCC(F)(F)Br. The molecule has 0 unspecified atom stereocenters. The van der Waals surface area contributed by atoms with Gasteiger partial charge in [0.15, 0.2) is 0 Å². The number of rotatable bonds is 12. The lowest BCUT2D eigenvalue weighted by Gasteiger charge is -2.18. The summed E-state index contributed by atoms with van der Waals surface area (Å²) in [6, 6.07) is 4.43. The van der Waals surface area contributed by atoms with Crippen LogP contribution in [0.15, 0.2) is 23.1 Å². The fourth-order valence-electron chi connectivity index (χ4n) is 2.60. The van der Waals surface area contributed by atoms with Crippen LogP contribution in [0, 0.1) is 0 Å². The molecule has 160 valence electrons. The number of anilines is 1. The molecule has 0 bridgehead atoms. The number of hydrogen-bond acceptors (Lipinski definition) is 5. The average molecular weight is 485 g/mol. The monoisotopic (exact) mass is 484 g/mol. The predicted octanol–water partition coefficient (Wildman–Crippen LogP) is 4.46. The van der Waals surface area contributed by atoms with Crippen LogP contribution >= 0.6 is 15.9 Å². The summed E-state index contributed by atoms with van der Waals surface area (Å²) in [6.07, 6.45) is 3.25. The molecule has 0 aliphatic rings. The maximum Gasteiger partial charge on any atom is 0.340 e. The van der Waals surface area contributed by atoms with Crippen molar-refractivity contribution in [2.75, 3.05) is 33.1 Å². The number of carbonyl (C=O) groups excluding carboxylic acids is 1. The van der Waals surface area contributed by atoms with Gasteiger partial charge in [-0.1, -0.05) is 25.3 Å². The average Bonchev–Trinajstić information content (AvgIpc) is 2.61. The minimum absolute atomic E-state index is 0.0000443. The molecule has 0 radical (unpaired) electrons. The second-order valence-corrected chi connectivity index (χ2v) is 9.80. The fraction of sp³-hybridized carbons (Fsp3) is 0.611. The van der Waals surface area contributed by atoms with Crippen LogP contribution in [0.3, 0.4) is 0 Å². The number of carbonyl (C=O) groups is 1. The third-order valence-electron chi connectivity index (χ3n) is 4.13. The minimum atomic E-state index is -3.75. The summed E-state index contributed by atoms with van der Waals surface area (Å²) >= 11 is 2.32. The summed E-state index contributed by atoms with van der Waals surface area (Å²) in [5, 5.41) is 3.04. The Morgan fingerprint density at radius 1 is 1.18 bits per heavy atom. The molecular formula is C18H27BrF2N2O4S. The molecule has 10 heteroatoms. The van der Waals surface area contributed by atoms with Gasteiger partial charge >= 0.3 is 10.8 Å². The van der Waals surface area contributed by atoms with Crippen LogP contribution in [-0.4, -0.2) is 51.3 Å². The molecule has 0 aliphatic heterocycles. The Morgan fingerprint density at radius 3 is 2.36 bits per heavy atom. The number of nitrogens with one attached hydrogen (secondary N) is 1. The number of esters is 1. The van der Waals surface area contributed by atoms with Crippen molar-refractivity contribution in [2.24, 2.45) is 0 Å². The van der Waals surface area contributed by atoms with Crippen LogP contribution in [0.2, 0.25) is 0 Å². The molecular weight excluding hydrogens is 458 g/mol. The van der Waals surface area contributed by atoms with Crippen molar-refractivity contribution in [3.8, 4) is 0 Å². The Balaban J connectivity index is 2.74. The molecule has 1 N–H and O–H groups in total. The van der Waals surface area contributed by atoms with Gasteiger partial charge < -0.3 is 10.1 Å². The zero-order valence-electron chi connectivity index (χ0n) is 16.3. The number of para-hydroxylation sites is 1. The van der Waals surface area contributed by atoms with Crippen LogP contribution < -0.4 is 5.32 Å². The molecule has 1 aromatic carbocycles. The van der Waals surface area contributed by atoms with Crippen molar-refractivity contribution < 1.29 is 26.7 Å². The van der Waals surface area contributed by atoms with E-state index in [-0.39, 0.29) is 22.6 Å². The highest BCUT2D eigenvalue weighted by molar-refractivity contribution is 9.09. The first-order valence-electron chi connectivity index (χ1n) is 8.95. The molecule has 0 fully saturated rings. The standard InChI is InChI=1S/C18H27BrF2N2O4S/c1-23(2)28(25,26)15-11-9-10-14(17(24)27-3)16(15)22-13-8-6-4-5-7-12-18(19,20)21/h9-11,22H,4-8,12-13H2,1-3H3. The van der Waals surface area contributed by atoms with Crippen molar-refractivity contribution in [1.82, 2.24) is 4.31 Å². The van der Waals surface area contributed by atoms with Gasteiger partial charge in [0.25, 0.3) is 0 Å². The van der Waals surface area contributed by atoms with E-state index in [9.17, 15) is 22.0 Å². The molecule has 28 heavy (non-hydrogen) atoms. The van der Waals surface area contributed by atoms with E-state index in [1.807, 2.05) is 0 Å². The van der Waals surface area contributed by atoms with E-state index < -0.39 is 20.8 Å². The highest BCUT2D eigenvalue weighted by Crippen LogP contribution is 2.29. The highest BCUT2D eigenvalue weighted by Gasteiger charge is 2.25. The Bertz CT molecular complexity index is 752. The molecule has 0 atom stereocenters. The molecule has 0 spiro atoms. The third kappa shape index (κ3) is 7.63. The van der Waals surface area contributed by atoms with E-state index in [4.69, 9.17) is 4.74 Å². The number of unbranched alkanes of at least 4 members (excludes halogenated alkanes) is 4. The Morgan fingerprint density at radius 2 is 1.79 bits per heavy atom. The first-order chi connectivity index (χ1) is 13.0. The van der Waals surface area contributed by atoms with Gasteiger partial charge in [0, 0.05) is 27.1 Å². The minimum Gasteiger partial charge on any atom is -0.465 e. The number of nitrogens with zero attached hydrogens (tertiary/aromatic N) is 1. The van der Waals surface area contributed by atoms with Gasteiger partial charge in [-0.15, -0.1) is 0 Å². The van der Waals surface area contributed by atoms with E-state index in [0.717, 1.165) is 17.1 Å². The van der Waals surface area contributed by atoms with Crippen molar-refractivity contribution in [3.63, 3.8) is 0 Å². The second kappa shape index (κ2) is 11.1. The lowest BCUT2D eigenvalue weighted by molar-refractivity contribution is 0.0601. The first-order valence-corrected chi connectivity index (χ1v) is 11.2. The van der Waals surface area contributed by atoms with Gasteiger partial charge in [-0.3, -0.25) is 0 Å². The number of halogens is 3. The second-order valence-electron chi connectivity index (χ2n) is 6.52. The van der Waals surface area contributed by atoms with E-state index in [1.54, 1.807) is 0 Å². The third-order valence-corrected chi connectivity index (χ3v) is 6.38. The topological polar surface area (TPSA) is 75.7 Å². The maximum atomic E-state index is 12.7. The molecule has 0 aromatic heterocycles. The summed E-state index contributed by atoms with van der Waals surface area (Å²) in [5.41, 5.74) is 0.354. The fourth-order valence-corrected chi connectivity index (χ4v) is 3.96. The van der Waals surface area contributed by atoms with Crippen molar-refractivity contribution in [1.29, 1.82) is 0 Å². The first kappa shape index (κ1) is 24.8. The maximum absolute atomic E-state index is 12.7. The van der Waals surface area contributed by atoms with Crippen LogP contribution in [0.25, 0.3) is 0 Å². The van der Waals surface area contributed by atoms with Gasteiger partial charge in [0.1, 0.15) is 4.90 Å². The van der Waals surface area contributed by atoms with E-state index in [2.05, 4.69) is 21.2 Å². The molecule has 6 nitrogen and oxygen atoms in total. The number of methoxy groups -OCH3 is 1. The zero-order chi connectivity index (χ0) is 21.4. The quantitative estimate of drug-likeness (QED) is 0.269. The summed E-state index contributed by atoms with van der Waals surface area (Å²) in [5.74, 6) is -0.631. The number of hydrogen-bond donors (Lipinski definition) is 1. The molecule has 0 aliphatic carbocycles. The number of sulfonamides is 1. The summed E-state index contributed by atoms with van der Waals surface area (Å²) in [6.45, 7) is 0.443. The molecule has 0 saturated carbocycles. The lowest BCUT2D eigenvalue weighted by Crippen LogP contribution is -2.24. The number of ether oxygens (including phenoxy) is 1. The van der Waals surface area contributed by atoms with Gasteiger partial charge in [0.2, 0.25) is 10.0 Å². The van der Waals surface area contributed by atoms with Crippen LogP contribution in [0.1, 0.15) is 48.9 Å². The summed E-state index contributed by atoms with van der Waals surface area (Å²) in [7, 11) is 0.313. The van der Waals surface area contributed by atoms with E-state index in [1.165, 1.54) is 39.4 Å². The molecule has 1 rings (SSSR count). The van der Waals surface area contributed by atoms with Gasteiger partial charge in [-0.05, 0) is 40.9 Å². The molecule has 0 amide bonds. The van der Waals surface area contributed by atoms with Gasteiger partial charge in [0.05, 0.1) is 18.4 Å². The number of benzene rings is 1. The number of alkyl halides is 3. The summed E-state index contributed by atoms with van der Waals surface area (Å²) < 4.78 is 56.3. The van der Waals surface area contributed by atoms with Gasteiger partial charge in [-0.2, -0.15) is 8.78 Å². The Hall–Kier alpha value is -1.26. The van der Waals surface area contributed by atoms with Crippen LogP contribution in [-0.2, 0) is 14.8 Å². The van der Waals surface area contributed by atoms with E-state index >= 15 is 0 Å². The summed E-state index contributed by atoms with van der Waals surface area (Å²) in [4.78, 5) is 9.23. The smallest absolute Gasteiger partial charge is 0.340 e. The zero-order valence-corrected chi connectivity index (χ0v) is 18.7. The van der Waals surface area contributed by atoms with E-state index in [0.29, 0.717) is 25.8 Å². The largest absolute Gasteiger partial charge is 0.465 e. The van der Waals surface area contributed by atoms with Crippen LogP contribution in [0.5, 0.6) is 0 Å². The van der Waals surface area contributed by atoms with Crippen LogP contribution in [0.4, 0.5) is 14.5 Å². The molecule has 0 saturated heterocycles. The Kier molecular flexibility index (Phi) is 9.79. The van der Waals surface area contributed by atoms with Crippen molar-refractivity contribution in [3.05, 3.63) is 23.8 Å². The Labute approximate surface area is 173 Å². The lowest BCUT2D eigenvalue weighted by atomic mass is 10.1. The van der Waals surface area contributed by atoms with Crippen molar-refractivity contribution in [2.45, 2.75) is 48.3 Å². The molecule has 0 heterocycles. The predicted molar refractivity (Wildman–Crippen MR) is 109 cm³/mol. The normalized spacial score (nSPS) is 12.2. The van der Waals surface area contributed by atoms with Gasteiger partial charge in [-0.25, -0.2) is 17.5 Å². The highest BCUT2D eigenvalue weighted by atomic mass is 79.9. The molecule has 1 aromatic rings.